The lowest BCUT2D eigenvalue weighted by Crippen LogP contribution is -2.12. The highest BCUT2D eigenvalue weighted by Crippen LogP contribution is 2.47. The van der Waals surface area contributed by atoms with Crippen molar-refractivity contribution in [2.75, 3.05) is 4.90 Å². The van der Waals surface area contributed by atoms with E-state index in [9.17, 15) is 0 Å². The molecule has 0 saturated carbocycles. The lowest BCUT2D eigenvalue weighted by molar-refractivity contribution is 0.674. The molecule has 1 aromatic heterocycles. The van der Waals surface area contributed by atoms with E-state index in [2.05, 4.69) is 193 Å². The number of hydrogen-bond donors (Lipinski definition) is 0. The van der Waals surface area contributed by atoms with Crippen LogP contribution in [0.3, 0.4) is 0 Å². The highest BCUT2D eigenvalue weighted by Gasteiger charge is 2.22. The van der Waals surface area contributed by atoms with Crippen LogP contribution in [0.5, 0.6) is 0 Å². The number of rotatable bonds is 4. The van der Waals surface area contributed by atoms with Crippen LogP contribution < -0.4 is 4.90 Å². The van der Waals surface area contributed by atoms with Crippen molar-refractivity contribution in [2.45, 2.75) is 0 Å². The summed E-state index contributed by atoms with van der Waals surface area (Å²) in [6.07, 6.45) is 0. The summed E-state index contributed by atoms with van der Waals surface area (Å²) in [4.78, 5) is 2.44. The molecule has 11 aromatic rings. The largest absolute Gasteiger partial charge is 0.455 e. The van der Waals surface area contributed by atoms with Gasteiger partial charge in [-0.25, -0.2) is 0 Å². The molecule has 0 bridgehead atoms. The zero-order valence-corrected chi connectivity index (χ0v) is 28.3. The van der Waals surface area contributed by atoms with E-state index in [0.717, 1.165) is 55.5 Å². The molecule has 0 saturated heterocycles. The predicted octanol–water partition coefficient (Wildman–Crippen LogP) is 14.5. The minimum absolute atomic E-state index is 0.898. The van der Waals surface area contributed by atoms with E-state index >= 15 is 0 Å². The minimum Gasteiger partial charge on any atom is -0.455 e. The van der Waals surface area contributed by atoms with Crippen LogP contribution in [-0.2, 0) is 0 Å². The first kappa shape index (κ1) is 28.9. The van der Waals surface area contributed by atoms with E-state index in [4.69, 9.17) is 4.42 Å². The maximum atomic E-state index is 6.90. The Hall–Kier alpha value is -6.90. The Morgan fingerprint density at radius 3 is 1.62 bits per heavy atom. The van der Waals surface area contributed by atoms with Crippen molar-refractivity contribution in [3.05, 3.63) is 188 Å². The highest BCUT2D eigenvalue weighted by atomic mass is 16.3. The van der Waals surface area contributed by atoms with Crippen LogP contribution in [0.25, 0.3) is 86.9 Å². The zero-order chi connectivity index (χ0) is 34.2. The number of furan rings is 1. The lowest BCUT2D eigenvalue weighted by atomic mass is 9.96. The zero-order valence-electron chi connectivity index (χ0n) is 28.3. The molecule has 0 aliphatic rings. The molecule has 0 atom stereocenters. The first-order valence-electron chi connectivity index (χ1n) is 17.8. The number of benzene rings is 10. The summed E-state index contributed by atoms with van der Waals surface area (Å²) in [6.45, 7) is 0. The van der Waals surface area contributed by atoms with Crippen LogP contribution in [-0.4, -0.2) is 0 Å². The molecular formula is C50H31NO. The number of nitrogens with zero attached hydrogens (tertiary/aromatic N) is 1. The summed E-state index contributed by atoms with van der Waals surface area (Å²) in [6, 6.07) is 68.1. The quantitative estimate of drug-likeness (QED) is 0.175. The van der Waals surface area contributed by atoms with Crippen molar-refractivity contribution >= 4 is 92.9 Å². The molecule has 10 aromatic carbocycles. The normalized spacial score (nSPS) is 11.8. The third-order valence-electron chi connectivity index (χ3n) is 10.8. The lowest BCUT2D eigenvalue weighted by Gasteiger charge is -2.29. The van der Waals surface area contributed by atoms with Gasteiger partial charge in [0.05, 0.1) is 11.4 Å². The highest BCUT2D eigenvalue weighted by molar-refractivity contribution is 6.18. The monoisotopic (exact) mass is 661 g/mol. The first-order valence-corrected chi connectivity index (χ1v) is 17.8. The van der Waals surface area contributed by atoms with Crippen molar-refractivity contribution in [2.24, 2.45) is 0 Å². The average molecular weight is 662 g/mol. The van der Waals surface area contributed by atoms with Gasteiger partial charge in [-0.05, 0) is 73.4 Å². The van der Waals surface area contributed by atoms with Gasteiger partial charge in [-0.1, -0.05) is 158 Å². The second kappa shape index (κ2) is 11.3. The van der Waals surface area contributed by atoms with Crippen molar-refractivity contribution < 1.29 is 4.42 Å². The fourth-order valence-electron chi connectivity index (χ4n) is 8.40. The van der Waals surface area contributed by atoms with Crippen molar-refractivity contribution in [3.8, 4) is 11.1 Å². The molecule has 0 fully saturated rings. The van der Waals surface area contributed by atoms with Crippen LogP contribution in [0.1, 0.15) is 0 Å². The van der Waals surface area contributed by atoms with E-state index in [1.54, 1.807) is 0 Å². The molecule has 0 aliphatic carbocycles. The molecule has 2 nitrogen and oxygen atoms in total. The molecule has 2 heteroatoms. The Labute approximate surface area is 300 Å². The van der Waals surface area contributed by atoms with E-state index < -0.39 is 0 Å². The second-order valence-corrected chi connectivity index (χ2v) is 13.7. The topological polar surface area (TPSA) is 16.4 Å². The van der Waals surface area contributed by atoms with Crippen LogP contribution in [0.4, 0.5) is 17.1 Å². The molecule has 1 heterocycles. The molecule has 242 valence electrons. The third-order valence-corrected chi connectivity index (χ3v) is 10.8. The van der Waals surface area contributed by atoms with Gasteiger partial charge in [-0.2, -0.15) is 0 Å². The van der Waals surface area contributed by atoms with E-state index in [1.165, 1.54) is 48.5 Å². The van der Waals surface area contributed by atoms with Gasteiger partial charge in [0.15, 0.2) is 0 Å². The molecule has 52 heavy (non-hydrogen) atoms. The Morgan fingerprint density at radius 1 is 0.288 bits per heavy atom. The van der Waals surface area contributed by atoms with Crippen LogP contribution >= 0.6 is 0 Å². The summed E-state index contributed by atoms with van der Waals surface area (Å²) in [7, 11) is 0. The number of para-hydroxylation sites is 2. The van der Waals surface area contributed by atoms with Gasteiger partial charge in [-0.3, -0.25) is 0 Å². The van der Waals surface area contributed by atoms with Gasteiger partial charge in [0, 0.05) is 38.4 Å². The standard InChI is InChI=1S/C50H31NO/c1-4-14-37-32(11-1)23-24-35-31-36(27-30-39(35)37)51(48-22-10-18-41-38-15-5-2-12-33(38)25-28-43(41)48)47-21-8-7-17-42(47)44-19-9-20-45-46-29-26-34-13-3-6-16-40(34)49(46)52-50(44)45/h1-31H. The van der Waals surface area contributed by atoms with Gasteiger partial charge in [-0.15, -0.1) is 0 Å². The molecule has 0 amide bonds. The van der Waals surface area contributed by atoms with Gasteiger partial charge in [0.2, 0.25) is 0 Å². The fourth-order valence-corrected chi connectivity index (χ4v) is 8.40. The van der Waals surface area contributed by atoms with E-state index in [0.29, 0.717) is 0 Å². The summed E-state index contributed by atoms with van der Waals surface area (Å²) < 4.78 is 6.90. The molecule has 0 radical (unpaired) electrons. The third kappa shape index (κ3) is 4.31. The predicted molar refractivity (Wildman–Crippen MR) is 221 cm³/mol. The number of hydrogen-bond acceptors (Lipinski definition) is 2. The Bertz CT molecular complexity index is 3210. The first-order chi connectivity index (χ1) is 25.8. The van der Waals surface area contributed by atoms with Gasteiger partial charge >= 0.3 is 0 Å². The van der Waals surface area contributed by atoms with Crippen LogP contribution in [0, 0.1) is 0 Å². The summed E-state index contributed by atoms with van der Waals surface area (Å²) >= 11 is 0. The molecule has 0 N–H and O–H groups in total. The smallest absolute Gasteiger partial charge is 0.143 e. The van der Waals surface area contributed by atoms with E-state index in [1.807, 2.05) is 0 Å². The van der Waals surface area contributed by atoms with Gasteiger partial charge < -0.3 is 9.32 Å². The molecule has 0 aliphatic heterocycles. The molecule has 11 rings (SSSR count). The molecular weight excluding hydrogens is 631 g/mol. The average Bonchev–Trinajstić information content (AvgIpc) is 3.61. The summed E-state index contributed by atoms with van der Waals surface area (Å²) in [5.41, 5.74) is 7.30. The Morgan fingerprint density at radius 2 is 0.788 bits per heavy atom. The van der Waals surface area contributed by atoms with Crippen LogP contribution in [0.2, 0.25) is 0 Å². The number of anilines is 3. The van der Waals surface area contributed by atoms with Crippen LogP contribution in [0.15, 0.2) is 192 Å². The summed E-state index contributed by atoms with van der Waals surface area (Å²) in [5, 5.41) is 14.4. The van der Waals surface area contributed by atoms with Crippen molar-refractivity contribution in [3.63, 3.8) is 0 Å². The number of fused-ring (bicyclic) bond motifs is 11. The van der Waals surface area contributed by atoms with Gasteiger partial charge in [0.25, 0.3) is 0 Å². The second-order valence-electron chi connectivity index (χ2n) is 13.7. The maximum Gasteiger partial charge on any atom is 0.143 e. The maximum absolute atomic E-state index is 6.90. The van der Waals surface area contributed by atoms with E-state index in [-0.39, 0.29) is 0 Å². The van der Waals surface area contributed by atoms with Crippen molar-refractivity contribution in [1.82, 2.24) is 0 Å². The van der Waals surface area contributed by atoms with Crippen molar-refractivity contribution in [1.29, 1.82) is 0 Å². The molecule has 0 unspecified atom stereocenters. The SMILES string of the molecule is c1ccc(N(c2ccc3c(ccc4ccccc43)c2)c2cccc3c2ccc2ccccc23)c(-c2cccc3c2oc2c4ccccc4ccc32)c1. The fraction of sp³-hybridized carbons (Fsp3) is 0. The summed E-state index contributed by atoms with van der Waals surface area (Å²) in [5.74, 6) is 0. The molecule has 0 spiro atoms. The Balaban J connectivity index is 1.20. The Kier molecular flexibility index (Phi) is 6.28. The minimum atomic E-state index is 0.898. The van der Waals surface area contributed by atoms with Gasteiger partial charge in [0.1, 0.15) is 11.2 Å².